The molecule has 24 heavy (non-hydrogen) atoms. The molecule has 0 saturated carbocycles. The lowest BCUT2D eigenvalue weighted by Crippen LogP contribution is -2.52. The maximum Gasteiger partial charge on any atom is 0.387 e. The summed E-state index contributed by atoms with van der Waals surface area (Å²) in [5, 5.41) is 10.1. The Balaban J connectivity index is 1.98. The van der Waals surface area contributed by atoms with Crippen molar-refractivity contribution in [2.75, 3.05) is 32.7 Å². The molecular formula is C17H24F2N2O3. The van der Waals surface area contributed by atoms with Crippen molar-refractivity contribution in [2.24, 2.45) is 0 Å². The van der Waals surface area contributed by atoms with Gasteiger partial charge in [0.15, 0.2) is 0 Å². The Morgan fingerprint density at radius 3 is 2.50 bits per heavy atom. The summed E-state index contributed by atoms with van der Waals surface area (Å²) < 4.78 is 29.4. The lowest BCUT2D eigenvalue weighted by Gasteiger charge is -2.38. The van der Waals surface area contributed by atoms with Crippen molar-refractivity contribution in [3.05, 3.63) is 29.8 Å². The fourth-order valence-corrected chi connectivity index (χ4v) is 2.72. The first-order valence-electron chi connectivity index (χ1n) is 8.10. The topological polar surface area (TPSA) is 53.0 Å². The number of aliphatic hydroxyl groups is 1. The van der Waals surface area contributed by atoms with Crippen molar-refractivity contribution in [2.45, 2.75) is 32.5 Å². The average molecular weight is 342 g/mol. The number of ether oxygens (including phenoxy) is 1. The molecule has 1 aliphatic heterocycles. The monoisotopic (exact) mass is 342 g/mol. The number of amides is 1. The van der Waals surface area contributed by atoms with Gasteiger partial charge in [0, 0.05) is 32.7 Å². The quantitative estimate of drug-likeness (QED) is 0.861. The smallest absolute Gasteiger partial charge is 0.387 e. The number of hydrogen-bond acceptors (Lipinski definition) is 4. The van der Waals surface area contributed by atoms with E-state index in [1.807, 2.05) is 6.92 Å². The van der Waals surface area contributed by atoms with E-state index in [0.29, 0.717) is 39.1 Å². The van der Waals surface area contributed by atoms with Crippen LogP contribution in [0.4, 0.5) is 8.78 Å². The third-order valence-electron chi connectivity index (χ3n) is 4.32. The molecule has 7 heteroatoms. The Kier molecular flexibility index (Phi) is 6.12. The number of piperazine rings is 1. The summed E-state index contributed by atoms with van der Waals surface area (Å²) in [5.74, 6) is -0.415. The minimum absolute atomic E-state index is 0.103. The molecule has 134 valence electrons. The lowest BCUT2D eigenvalue weighted by atomic mass is 10.0. The van der Waals surface area contributed by atoms with Crippen LogP contribution in [0.5, 0.6) is 5.75 Å². The van der Waals surface area contributed by atoms with Crippen molar-refractivity contribution < 1.29 is 23.4 Å². The van der Waals surface area contributed by atoms with Crippen LogP contribution in [0.25, 0.3) is 0 Å². The van der Waals surface area contributed by atoms with Crippen LogP contribution in [-0.4, -0.2) is 65.7 Å². The van der Waals surface area contributed by atoms with E-state index >= 15 is 0 Å². The zero-order valence-electron chi connectivity index (χ0n) is 14.0. The van der Waals surface area contributed by atoms with Gasteiger partial charge in [-0.3, -0.25) is 9.69 Å². The van der Waals surface area contributed by atoms with Crippen molar-refractivity contribution in [3.8, 4) is 5.75 Å². The van der Waals surface area contributed by atoms with Crippen LogP contribution < -0.4 is 4.74 Å². The first-order chi connectivity index (χ1) is 11.3. The Morgan fingerprint density at radius 2 is 1.92 bits per heavy atom. The highest BCUT2D eigenvalue weighted by molar-refractivity contribution is 5.97. The summed E-state index contributed by atoms with van der Waals surface area (Å²) in [5.41, 5.74) is -0.601. The molecule has 1 saturated heterocycles. The van der Waals surface area contributed by atoms with Gasteiger partial charge in [-0.15, -0.1) is 0 Å². The zero-order valence-corrected chi connectivity index (χ0v) is 14.0. The minimum Gasteiger partial charge on any atom is -0.434 e. The summed E-state index contributed by atoms with van der Waals surface area (Å²) in [7, 11) is 0. The number of benzene rings is 1. The van der Waals surface area contributed by atoms with Gasteiger partial charge in [0.05, 0.1) is 11.2 Å². The molecule has 2 rings (SSSR count). The number of hydrogen-bond donors (Lipinski definition) is 1. The van der Waals surface area contributed by atoms with Crippen LogP contribution in [0.15, 0.2) is 24.3 Å². The molecule has 1 aliphatic rings. The standard InChI is InChI=1S/C17H24F2N2O3/c1-3-17(2,23)12-20-8-10-21(11-9-20)15(22)13-6-4-5-7-14(13)24-16(18)19/h4-7,16,23H,3,8-12H2,1-2H3/t17-/m1/s1. The van der Waals surface area contributed by atoms with Crippen LogP contribution in [-0.2, 0) is 0 Å². The number of halogens is 2. The molecule has 1 heterocycles. The summed E-state index contributed by atoms with van der Waals surface area (Å²) in [6.45, 7) is 3.56. The minimum atomic E-state index is -2.97. The number of alkyl halides is 2. The summed E-state index contributed by atoms with van der Waals surface area (Å²) in [6, 6.07) is 6.04. The third kappa shape index (κ3) is 4.88. The van der Waals surface area contributed by atoms with Crippen LogP contribution in [0.1, 0.15) is 30.6 Å². The molecule has 0 unspecified atom stereocenters. The van der Waals surface area contributed by atoms with E-state index in [-0.39, 0.29) is 17.2 Å². The molecule has 1 fully saturated rings. The number of carbonyl (C=O) groups excluding carboxylic acids is 1. The van der Waals surface area contributed by atoms with Gasteiger partial charge in [0.2, 0.25) is 0 Å². The first-order valence-corrected chi connectivity index (χ1v) is 8.10. The van der Waals surface area contributed by atoms with Crippen LogP contribution in [0.2, 0.25) is 0 Å². The molecule has 5 nitrogen and oxygen atoms in total. The maximum absolute atomic E-state index is 12.6. The normalized spacial score (nSPS) is 18.5. The lowest BCUT2D eigenvalue weighted by molar-refractivity contribution is -0.0503. The number of β-amino-alcohol motifs (C(OH)–C–C–N with tert-alkyl or cyclic N) is 1. The van der Waals surface area contributed by atoms with E-state index in [1.165, 1.54) is 12.1 Å². The first kappa shape index (κ1) is 18.6. The molecule has 1 N–H and O–H groups in total. The molecule has 1 atom stereocenters. The van der Waals surface area contributed by atoms with E-state index in [2.05, 4.69) is 9.64 Å². The van der Waals surface area contributed by atoms with Gasteiger partial charge in [-0.05, 0) is 25.5 Å². The van der Waals surface area contributed by atoms with E-state index in [0.717, 1.165) is 0 Å². The molecule has 0 bridgehead atoms. The molecule has 1 amide bonds. The fourth-order valence-electron chi connectivity index (χ4n) is 2.72. The van der Waals surface area contributed by atoms with Crippen molar-refractivity contribution in [1.82, 2.24) is 9.80 Å². The Morgan fingerprint density at radius 1 is 1.29 bits per heavy atom. The number of nitrogens with zero attached hydrogens (tertiary/aromatic N) is 2. The third-order valence-corrected chi connectivity index (χ3v) is 4.32. The SMILES string of the molecule is CC[C@@](C)(O)CN1CCN(C(=O)c2ccccc2OC(F)F)CC1. The Bertz CT molecular complexity index is 559. The largest absolute Gasteiger partial charge is 0.434 e. The van der Waals surface area contributed by atoms with Crippen LogP contribution >= 0.6 is 0 Å². The molecular weight excluding hydrogens is 318 g/mol. The number of carbonyl (C=O) groups is 1. The molecule has 0 aliphatic carbocycles. The fraction of sp³-hybridized carbons (Fsp3) is 0.588. The van der Waals surface area contributed by atoms with Crippen LogP contribution in [0, 0.1) is 0 Å². The van der Waals surface area contributed by atoms with E-state index in [9.17, 15) is 18.7 Å². The predicted molar refractivity (Wildman–Crippen MR) is 86.3 cm³/mol. The Labute approximate surface area is 140 Å². The number of para-hydroxylation sites is 1. The molecule has 0 spiro atoms. The van der Waals surface area contributed by atoms with Crippen molar-refractivity contribution in [3.63, 3.8) is 0 Å². The second-order valence-corrected chi connectivity index (χ2v) is 6.29. The van der Waals surface area contributed by atoms with E-state index in [4.69, 9.17) is 0 Å². The maximum atomic E-state index is 12.6. The second-order valence-electron chi connectivity index (χ2n) is 6.29. The summed E-state index contributed by atoms with van der Waals surface area (Å²) >= 11 is 0. The molecule has 0 radical (unpaired) electrons. The predicted octanol–water partition coefficient (Wildman–Crippen LogP) is 2.21. The van der Waals surface area contributed by atoms with Gasteiger partial charge in [0.25, 0.3) is 5.91 Å². The van der Waals surface area contributed by atoms with Gasteiger partial charge in [-0.1, -0.05) is 19.1 Å². The van der Waals surface area contributed by atoms with Gasteiger partial charge in [0.1, 0.15) is 5.75 Å². The van der Waals surface area contributed by atoms with Gasteiger partial charge in [-0.2, -0.15) is 8.78 Å². The second kappa shape index (κ2) is 7.90. The zero-order chi connectivity index (χ0) is 17.7. The van der Waals surface area contributed by atoms with Gasteiger partial charge >= 0.3 is 6.61 Å². The average Bonchev–Trinajstić information content (AvgIpc) is 2.54. The molecule has 1 aromatic carbocycles. The summed E-state index contributed by atoms with van der Waals surface area (Å²) in [6.07, 6.45) is 0.657. The highest BCUT2D eigenvalue weighted by atomic mass is 19.3. The van der Waals surface area contributed by atoms with Gasteiger partial charge in [-0.25, -0.2) is 0 Å². The summed E-state index contributed by atoms with van der Waals surface area (Å²) in [4.78, 5) is 16.3. The Hall–Kier alpha value is -1.73. The van der Waals surface area contributed by atoms with Crippen molar-refractivity contribution >= 4 is 5.91 Å². The van der Waals surface area contributed by atoms with E-state index in [1.54, 1.807) is 24.0 Å². The molecule has 0 aromatic heterocycles. The van der Waals surface area contributed by atoms with E-state index < -0.39 is 12.2 Å². The van der Waals surface area contributed by atoms with Crippen molar-refractivity contribution in [1.29, 1.82) is 0 Å². The van der Waals surface area contributed by atoms with Crippen LogP contribution in [0.3, 0.4) is 0 Å². The highest BCUT2D eigenvalue weighted by Crippen LogP contribution is 2.23. The van der Waals surface area contributed by atoms with Gasteiger partial charge < -0.3 is 14.7 Å². The number of rotatable bonds is 6. The highest BCUT2D eigenvalue weighted by Gasteiger charge is 2.28. The molecule has 1 aromatic rings.